The van der Waals surface area contributed by atoms with Gasteiger partial charge in [-0.25, -0.2) is 4.79 Å². The fraction of sp³-hybridized carbons (Fsp3) is 0.222. The molecule has 0 radical (unpaired) electrons. The van der Waals surface area contributed by atoms with Gasteiger partial charge in [0, 0.05) is 0 Å². The zero-order chi connectivity index (χ0) is 11.6. The fourth-order valence-electron chi connectivity index (χ4n) is 1.21. The number of halogens is 1. The van der Waals surface area contributed by atoms with Gasteiger partial charge in [-0.05, 0) is 24.1 Å². The highest BCUT2D eigenvalue weighted by Crippen LogP contribution is 2.18. The summed E-state index contributed by atoms with van der Waals surface area (Å²) in [6.45, 7) is 1.73. The molecule has 0 unspecified atom stereocenters. The van der Waals surface area contributed by atoms with Crippen molar-refractivity contribution >= 4 is 16.2 Å². The van der Waals surface area contributed by atoms with Crippen molar-refractivity contribution in [1.82, 2.24) is 0 Å². The van der Waals surface area contributed by atoms with E-state index in [1.165, 1.54) is 6.07 Å². The first kappa shape index (κ1) is 11.6. The van der Waals surface area contributed by atoms with Gasteiger partial charge in [-0.3, -0.25) is 0 Å². The average molecular weight is 232 g/mol. The van der Waals surface area contributed by atoms with E-state index in [0.29, 0.717) is 12.0 Å². The van der Waals surface area contributed by atoms with Crippen LogP contribution in [0.2, 0.25) is 0 Å². The molecule has 0 saturated carbocycles. The lowest BCUT2D eigenvalue weighted by Gasteiger charge is -2.04. The van der Waals surface area contributed by atoms with Crippen LogP contribution in [0.15, 0.2) is 23.1 Å². The molecule has 0 saturated heterocycles. The van der Waals surface area contributed by atoms with Crippen molar-refractivity contribution in [2.45, 2.75) is 18.2 Å². The fourth-order valence-corrected chi connectivity index (χ4v) is 1.70. The van der Waals surface area contributed by atoms with E-state index >= 15 is 0 Å². The molecule has 0 aliphatic rings. The highest BCUT2D eigenvalue weighted by Gasteiger charge is 2.16. The lowest BCUT2D eigenvalue weighted by molar-refractivity contribution is 0.0695. The van der Waals surface area contributed by atoms with Crippen LogP contribution >= 0.6 is 0 Å². The molecule has 0 fully saturated rings. The van der Waals surface area contributed by atoms with Gasteiger partial charge >= 0.3 is 16.2 Å². The Balaban J connectivity index is 3.42. The Morgan fingerprint density at radius 3 is 2.47 bits per heavy atom. The van der Waals surface area contributed by atoms with Gasteiger partial charge in [0.2, 0.25) is 0 Å². The molecule has 0 spiro atoms. The maximum atomic E-state index is 12.6. The summed E-state index contributed by atoms with van der Waals surface area (Å²) in [7, 11) is -4.85. The third kappa shape index (κ3) is 2.53. The highest BCUT2D eigenvalue weighted by molar-refractivity contribution is 7.86. The van der Waals surface area contributed by atoms with E-state index in [-0.39, 0.29) is 5.56 Å². The number of aromatic carboxylic acids is 1. The molecule has 0 aliphatic carbocycles. The Hall–Kier alpha value is -1.43. The van der Waals surface area contributed by atoms with Crippen molar-refractivity contribution in [3.8, 4) is 0 Å². The van der Waals surface area contributed by atoms with Gasteiger partial charge in [0.05, 0.1) is 10.5 Å². The van der Waals surface area contributed by atoms with Gasteiger partial charge in [0.1, 0.15) is 0 Å². The zero-order valence-electron chi connectivity index (χ0n) is 7.90. The van der Waals surface area contributed by atoms with Crippen LogP contribution < -0.4 is 0 Å². The van der Waals surface area contributed by atoms with Crippen LogP contribution in [0.4, 0.5) is 3.89 Å². The topological polar surface area (TPSA) is 71.4 Å². The Labute approximate surface area is 86.6 Å². The first-order valence-corrected chi connectivity index (χ1v) is 5.55. The van der Waals surface area contributed by atoms with E-state index in [9.17, 15) is 17.1 Å². The Morgan fingerprint density at radius 2 is 2.07 bits per heavy atom. The third-order valence-electron chi connectivity index (χ3n) is 1.97. The zero-order valence-corrected chi connectivity index (χ0v) is 8.71. The van der Waals surface area contributed by atoms with Gasteiger partial charge in [0.15, 0.2) is 0 Å². The summed E-state index contributed by atoms with van der Waals surface area (Å²) in [4.78, 5) is 10.1. The van der Waals surface area contributed by atoms with E-state index in [0.717, 1.165) is 12.1 Å². The molecule has 0 amide bonds. The van der Waals surface area contributed by atoms with Gasteiger partial charge < -0.3 is 5.11 Å². The van der Waals surface area contributed by atoms with E-state index in [1.54, 1.807) is 6.92 Å². The lowest BCUT2D eigenvalue weighted by atomic mass is 10.1. The predicted octanol–water partition coefficient (Wildman–Crippen LogP) is 1.61. The first-order valence-electron chi connectivity index (χ1n) is 4.17. The number of benzene rings is 1. The summed E-state index contributed by atoms with van der Waals surface area (Å²) < 4.78 is 33.7. The summed E-state index contributed by atoms with van der Waals surface area (Å²) >= 11 is 0. The van der Waals surface area contributed by atoms with Crippen LogP contribution in [-0.2, 0) is 16.6 Å². The second-order valence-electron chi connectivity index (χ2n) is 2.92. The smallest absolute Gasteiger partial charge is 0.336 e. The van der Waals surface area contributed by atoms with E-state index in [1.807, 2.05) is 0 Å². The summed E-state index contributed by atoms with van der Waals surface area (Å²) in [6.07, 6.45) is 0.439. The summed E-state index contributed by atoms with van der Waals surface area (Å²) in [5, 5.41) is 8.77. The molecule has 0 atom stereocenters. The van der Waals surface area contributed by atoms with Crippen LogP contribution in [0.5, 0.6) is 0 Å². The minimum absolute atomic E-state index is 0.184. The van der Waals surface area contributed by atoms with Gasteiger partial charge in [0.25, 0.3) is 0 Å². The molecular formula is C9H9FO4S. The third-order valence-corrected chi connectivity index (χ3v) is 2.79. The highest BCUT2D eigenvalue weighted by atomic mass is 32.3. The standard InChI is InChI=1S/C9H9FO4S/c1-2-6-3-4-7(15(10,13)14)5-8(6)9(11)12/h3-5H,2H2,1H3,(H,11,12). The van der Waals surface area contributed by atoms with Crippen LogP contribution in [0.1, 0.15) is 22.8 Å². The van der Waals surface area contributed by atoms with Gasteiger partial charge in [-0.1, -0.05) is 13.0 Å². The Kier molecular flexibility index (Phi) is 3.09. The minimum atomic E-state index is -4.85. The van der Waals surface area contributed by atoms with Crippen LogP contribution in [-0.4, -0.2) is 19.5 Å². The number of aryl methyl sites for hydroxylation is 1. The Bertz CT molecular complexity index is 493. The molecule has 1 aromatic carbocycles. The van der Waals surface area contributed by atoms with Crippen molar-refractivity contribution in [3.05, 3.63) is 29.3 Å². The van der Waals surface area contributed by atoms with Crippen LogP contribution in [0.25, 0.3) is 0 Å². The number of carboxylic acid groups (broad SMARTS) is 1. The predicted molar refractivity (Wildman–Crippen MR) is 51.1 cm³/mol. The van der Waals surface area contributed by atoms with E-state index in [2.05, 4.69) is 0 Å². The molecule has 1 rings (SSSR count). The number of rotatable bonds is 3. The van der Waals surface area contributed by atoms with Crippen LogP contribution in [0.3, 0.4) is 0 Å². The molecule has 0 aromatic heterocycles. The Morgan fingerprint density at radius 1 is 1.47 bits per heavy atom. The molecule has 6 heteroatoms. The maximum Gasteiger partial charge on any atom is 0.336 e. The second kappa shape index (κ2) is 3.98. The van der Waals surface area contributed by atoms with Crippen molar-refractivity contribution in [2.24, 2.45) is 0 Å². The van der Waals surface area contributed by atoms with Gasteiger partial charge in [-0.2, -0.15) is 8.42 Å². The normalized spacial score (nSPS) is 11.3. The van der Waals surface area contributed by atoms with E-state index in [4.69, 9.17) is 5.11 Å². The summed E-state index contributed by atoms with van der Waals surface area (Å²) in [6, 6.07) is 3.19. The summed E-state index contributed by atoms with van der Waals surface area (Å²) in [5.41, 5.74) is 0.283. The van der Waals surface area contributed by atoms with Crippen molar-refractivity contribution in [2.75, 3.05) is 0 Å². The molecule has 0 aliphatic heterocycles. The van der Waals surface area contributed by atoms with Crippen LogP contribution in [0, 0.1) is 0 Å². The largest absolute Gasteiger partial charge is 0.478 e. The molecule has 82 valence electrons. The SMILES string of the molecule is CCc1ccc(S(=O)(=O)F)cc1C(=O)O. The molecule has 4 nitrogen and oxygen atoms in total. The van der Waals surface area contributed by atoms with Crippen molar-refractivity contribution in [1.29, 1.82) is 0 Å². The average Bonchev–Trinajstić information content (AvgIpc) is 2.15. The van der Waals surface area contributed by atoms with Crippen molar-refractivity contribution in [3.63, 3.8) is 0 Å². The maximum absolute atomic E-state index is 12.6. The first-order chi connectivity index (χ1) is 6.86. The molecule has 0 bridgehead atoms. The number of hydrogen-bond acceptors (Lipinski definition) is 3. The molecular weight excluding hydrogens is 223 g/mol. The monoisotopic (exact) mass is 232 g/mol. The lowest BCUT2D eigenvalue weighted by Crippen LogP contribution is -2.04. The molecule has 1 N–H and O–H groups in total. The number of hydrogen-bond donors (Lipinski definition) is 1. The second-order valence-corrected chi connectivity index (χ2v) is 4.26. The quantitative estimate of drug-likeness (QED) is 0.803. The number of carbonyl (C=O) groups is 1. The van der Waals surface area contributed by atoms with E-state index < -0.39 is 21.1 Å². The minimum Gasteiger partial charge on any atom is -0.478 e. The molecule has 15 heavy (non-hydrogen) atoms. The molecule has 0 heterocycles. The molecule has 1 aromatic rings. The van der Waals surface area contributed by atoms with Crippen molar-refractivity contribution < 1.29 is 22.2 Å². The number of carboxylic acids is 1. The summed E-state index contributed by atoms with van der Waals surface area (Å²) in [5.74, 6) is -1.27. The van der Waals surface area contributed by atoms with Gasteiger partial charge in [-0.15, -0.1) is 3.89 Å².